The fourth-order valence-electron chi connectivity index (χ4n) is 2.64. The lowest BCUT2D eigenvalue weighted by Gasteiger charge is -2.24. The van der Waals surface area contributed by atoms with Gasteiger partial charge in [-0.15, -0.1) is 11.8 Å². The van der Waals surface area contributed by atoms with E-state index in [1.54, 1.807) is 18.9 Å². The molecule has 114 valence electrons. The van der Waals surface area contributed by atoms with Gasteiger partial charge in [-0.25, -0.2) is 0 Å². The van der Waals surface area contributed by atoms with E-state index in [9.17, 15) is 4.79 Å². The Morgan fingerprint density at radius 2 is 2.00 bits per heavy atom. The molecule has 2 aromatic rings. The molecule has 22 heavy (non-hydrogen) atoms. The largest absolute Gasteiger partial charge is 0.497 e. The van der Waals surface area contributed by atoms with Gasteiger partial charge in [-0.05, 0) is 41.8 Å². The maximum atomic E-state index is 12.3. The van der Waals surface area contributed by atoms with Crippen molar-refractivity contribution in [2.75, 3.05) is 17.8 Å². The molecule has 1 amide bonds. The summed E-state index contributed by atoms with van der Waals surface area (Å²) in [6.07, 6.45) is 1.00. The van der Waals surface area contributed by atoms with Crippen LogP contribution >= 0.6 is 11.8 Å². The number of carbonyl (C=O) groups is 1. The number of benzene rings is 2. The van der Waals surface area contributed by atoms with Crippen molar-refractivity contribution >= 4 is 23.4 Å². The van der Waals surface area contributed by atoms with Crippen LogP contribution in [0.3, 0.4) is 0 Å². The SMILES string of the molecule is CCc1ccc(N2C(=O)CSC2c2cccc(OC)c2)cc1. The highest BCUT2D eigenvalue weighted by Gasteiger charge is 2.34. The number of rotatable bonds is 4. The van der Waals surface area contributed by atoms with E-state index in [0.29, 0.717) is 5.75 Å². The molecule has 1 saturated heterocycles. The number of hydrogen-bond donors (Lipinski definition) is 0. The summed E-state index contributed by atoms with van der Waals surface area (Å²) in [5, 5.41) is 0.00933. The van der Waals surface area contributed by atoms with Crippen LogP contribution in [0.1, 0.15) is 23.4 Å². The van der Waals surface area contributed by atoms with Gasteiger partial charge in [0, 0.05) is 5.69 Å². The number of aryl methyl sites for hydroxylation is 1. The minimum atomic E-state index is 0.00933. The highest BCUT2D eigenvalue weighted by atomic mass is 32.2. The fourth-order valence-corrected chi connectivity index (χ4v) is 3.80. The Labute approximate surface area is 135 Å². The molecule has 0 radical (unpaired) electrons. The van der Waals surface area contributed by atoms with Gasteiger partial charge >= 0.3 is 0 Å². The molecule has 1 atom stereocenters. The molecule has 1 fully saturated rings. The zero-order chi connectivity index (χ0) is 15.5. The number of carbonyl (C=O) groups excluding carboxylic acids is 1. The average Bonchev–Trinajstić information content (AvgIpc) is 2.96. The lowest BCUT2D eigenvalue weighted by molar-refractivity contribution is -0.115. The third kappa shape index (κ3) is 2.83. The summed E-state index contributed by atoms with van der Waals surface area (Å²) in [4.78, 5) is 14.2. The normalized spacial score (nSPS) is 17.8. The van der Waals surface area contributed by atoms with Crippen LogP contribution in [0, 0.1) is 0 Å². The summed E-state index contributed by atoms with van der Waals surface area (Å²) in [6, 6.07) is 16.2. The highest BCUT2D eigenvalue weighted by molar-refractivity contribution is 8.00. The monoisotopic (exact) mass is 313 g/mol. The average molecular weight is 313 g/mol. The molecule has 3 nitrogen and oxygen atoms in total. The van der Waals surface area contributed by atoms with E-state index >= 15 is 0 Å². The first-order valence-electron chi connectivity index (χ1n) is 7.39. The summed E-state index contributed by atoms with van der Waals surface area (Å²) in [6.45, 7) is 2.13. The fraction of sp³-hybridized carbons (Fsp3) is 0.278. The van der Waals surface area contributed by atoms with Crippen LogP contribution in [-0.2, 0) is 11.2 Å². The second-order valence-electron chi connectivity index (χ2n) is 5.22. The van der Waals surface area contributed by atoms with E-state index in [1.165, 1.54) is 5.56 Å². The Balaban J connectivity index is 1.94. The van der Waals surface area contributed by atoms with E-state index in [2.05, 4.69) is 19.1 Å². The molecular formula is C18H19NO2S. The first-order chi connectivity index (χ1) is 10.7. The predicted molar refractivity (Wildman–Crippen MR) is 91.5 cm³/mol. The number of ether oxygens (including phenoxy) is 1. The van der Waals surface area contributed by atoms with Gasteiger partial charge < -0.3 is 4.74 Å². The maximum absolute atomic E-state index is 12.3. The number of anilines is 1. The van der Waals surface area contributed by atoms with E-state index in [4.69, 9.17) is 4.74 Å². The minimum Gasteiger partial charge on any atom is -0.497 e. The first kappa shape index (κ1) is 15.0. The lowest BCUT2D eigenvalue weighted by atomic mass is 10.1. The molecule has 0 saturated carbocycles. The molecule has 1 aliphatic rings. The zero-order valence-corrected chi connectivity index (χ0v) is 13.6. The van der Waals surface area contributed by atoms with Gasteiger partial charge in [0.15, 0.2) is 0 Å². The zero-order valence-electron chi connectivity index (χ0n) is 12.8. The van der Waals surface area contributed by atoms with Gasteiger partial charge in [0.05, 0.1) is 12.9 Å². The molecule has 0 aliphatic carbocycles. The molecule has 0 N–H and O–H groups in total. The third-order valence-corrected chi connectivity index (χ3v) is 5.08. The minimum absolute atomic E-state index is 0.00933. The Morgan fingerprint density at radius 3 is 2.68 bits per heavy atom. The van der Waals surface area contributed by atoms with Gasteiger partial charge in [0.2, 0.25) is 5.91 Å². The summed E-state index contributed by atoms with van der Waals surface area (Å²) in [7, 11) is 1.66. The van der Waals surface area contributed by atoms with Crippen LogP contribution in [0.5, 0.6) is 5.75 Å². The van der Waals surface area contributed by atoms with Crippen molar-refractivity contribution in [2.24, 2.45) is 0 Å². The summed E-state index contributed by atoms with van der Waals surface area (Å²) < 4.78 is 5.30. The molecule has 4 heteroatoms. The molecule has 0 bridgehead atoms. The van der Waals surface area contributed by atoms with Gasteiger partial charge in [-0.1, -0.05) is 31.2 Å². The Hall–Kier alpha value is -1.94. The van der Waals surface area contributed by atoms with E-state index < -0.39 is 0 Å². The van der Waals surface area contributed by atoms with Crippen LogP contribution in [0.25, 0.3) is 0 Å². The molecule has 1 unspecified atom stereocenters. The molecule has 0 aromatic heterocycles. The molecule has 1 aliphatic heterocycles. The van der Waals surface area contributed by atoms with E-state index in [-0.39, 0.29) is 11.3 Å². The van der Waals surface area contributed by atoms with Gasteiger partial charge in [-0.2, -0.15) is 0 Å². The summed E-state index contributed by atoms with van der Waals surface area (Å²) in [5.74, 6) is 1.48. The summed E-state index contributed by atoms with van der Waals surface area (Å²) in [5.41, 5.74) is 3.33. The van der Waals surface area contributed by atoms with Crippen molar-refractivity contribution in [3.63, 3.8) is 0 Å². The van der Waals surface area contributed by atoms with Crippen molar-refractivity contribution in [2.45, 2.75) is 18.7 Å². The topological polar surface area (TPSA) is 29.5 Å². The predicted octanol–water partition coefficient (Wildman–Crippen LogP) is 4.04. The van der Waals surface area contributed by atoms with Crippen molar-refractivity contribution in [3.05, 3.63) is 59.7 Å². The van der Waals surface area contributed by atoms with E-state index in [1.807, 2.05) is 41.3 Å². The molecule has 2 aromatic carbocycles. The Morgan fingerprint density at radius 1 is 1.23 bits per heavy atom. The number of amides is 1. The highest BCUT2D eigenvalue weighted by Crippen LogP contribution is 2.42. The molecule has 0 spiro atoms. The van der Waals surface area contributed by atoms with Crippen molar-refractivity contribution in [3.8, 4) is 5.75 Å². The van der Waals surface area contributed by atoms with Crippen molar-refractivity contribution in [1.82, 2.24) is 0 Å². The second kappa shape index (κ2) is 6.44. The van der Waals surface area contributed by atoms with Crippen LogP contribution in [-0.4, -0.2) is 18.8 Å². The molecule has 3 rings (SSSR count). The quantitative estimate of drug-likeness (QED) is 0.853. The van der Waals surface area contributed by atoms with Crippen LogP contribution in [0.4, 0.5) is 5.69 Å². The lowest BCUT2D eigenvalue weighted by Crippen LogP contribution is -2.27. The van der Waals surface area contributed by atoms with Gasteiger partial charge in [0.25, 0.3) is 0 Å². The van der Waals surface area contributed by atoms with Crippen LogP contribution < -0.4 is 9.64 Å². The molecular weight excluding hydrogens is 294 g/mol. The number of hydrogen-bond acceptors (Lipinski definition) is 3. The van der Waals surface area contributed by atoms with E-state index in [0.717, 1.165) is 23.4 Å². The Kier molecular flexibility index (Phi) is 4.39. The van der Waals surface area contributed by atoms with Crippen molar-refractivity contribution in [1.29, 1.82) is 0 Å². The van der Waals surface area contributed by atoms with Gasteiger partial charge in [0.1, 0.15) is 11.1 Å². The summed E-state index contributed by atoms with van der Waals surface area (Å²) >= 11 is 1.66. The molecule has 1 heterocycles. The smallest absolute Gasteiger partial charge is 0.238 e. The van der Waals surface area contributed by atoms with Gasteiger partial charge in [-0.3, -0.25) is 9.69 Å². The van der Waals surface area contributed by atoms with Crippen LogP contribution in [0.15, 0.2) is 48.5 Å². The standard InChI is InChI=1S/C18H19NO2S/c1-3-13-7-9-15(10-8-13)19-17(20)12-22-18(19)14-5-4-6-16(11-14)21-2/h4-11,18H,3,12H2,1-2H3. The first-order valence-corrected chi connectivity index (χ1v) is 8.44. The second-order valence-corrected chi connectivity index (χ2v) is 6.29. The Bertz CT molecular complexity index is 669. The number of nitrogens with zero attached hydrogens (tertiary/aromatic N) is 1. The number of thioether (sulfide) groups is 1. The number of methoxy groups -OCH3 is 1. The van der Waals surface area contributed by atoms with Crippen molar-refractivity contribution < 1.29 is 9.53 Å². The van der Waals surface area contributed by atoms with Crippen LogP contribution in [0.2, 0.25) is 0 Å². The maximum Gasteiger partial charge on any atom is 0.238 e. The third-order valence-electron chi connectivity index (χ3n) is 3.87.